The summed E-state index contributed by atoms with van der Waals surface area (Å²) in [5.74, 6) is 0.871. The van der Waals surface area contributed by atoms with Gasteiger partial charge in [-0.2, -0.15) is 0 Å². The number of ether oxygens (including phenoxy) is 1. The van der Waals surface area contributed by atoms with Gasteiger partial charge in [0.05, 0.1) is 6.10 Å². The molecule has 1 rings (SSSR count). The first-order valence-electron chi connectivity index (χ1n) is 10.00. The Morgan fingerprint density at radius 1 is 0.714 bits per heavy atom. The van der Waals surface area contributed by atoms with E-state index in [1.807, 2.05) is 0 Å². The van der Waals surface area contributed by atoms with Gasteiger partial charge in [-0.1, -0.05) is 84.5 Å². The van der Waals surface area contributed by atoms with E-state index >= 15 is 0 Å². The Balaban J connectivity index is 2.08. The van der Waals surface area contributed by atoms with E-state index in [1.165, 1.54) is 96.3 Å². The summed E-state index contributed by atoms with van der Waals surface area (Å²) in [6.07, 6.45) is 21.6. The quantitative estimate of drug-likeness (QED) is 0.336. The molecule has 1 nitrogen and oxygen atoms in total. The van der Waals surface area contributed by atoms with Gasteiger partial charge in [-0.3, -0.25) is 0 Å². The van der Waals surface area contributed by atoms with Crippen LogP contribution in [0.4, 0.5) is 0 Å². The fraction of sp³-hybridized carbons (Fsp3) is 1.00. The molecule has 1 aliphatic heterocycles. The number of rotatable bonds is 13. The predicted octanol–water partition coefficient (Wildman–Crippen LogP) is 6.89. The molecule has 0 N–H and O–H groups in total. The molecule has 0 aromatic heterocycles. The van der Waals surface area contributed by atoms with Gasteiger partial charge in [0.1, 0.15) is 0 Å². The Bertz CT molecular complexity index is 214. The summed E-state index contributed by atoms with van der Waals surface area (Å²) in [6, 6.07) is 0. The van der Waals surface area contributed by atoms with Crippen molar-refractivity contribution in [3.8, 4) is 0 Å². The molecule has 1 aliphatic rings. The average Bonchev–Trinajstić information content (AvgIpc) is 2.52. The Kier molecular flexibility index (Phi) is 12.3. The molecule has 1 heteroatoms. The van der Waals surface area contributed by atoms with Crippen LogP contribution in [-0.2, 0) is 4.74 Å². The van der Waals surface area contributed by atoms with Crippen LogP contribution in [0.25, 0.3) is 0 Å². The summed E-state index contributed by atoms with van der Waals surface area (Å²) in [5, 5.41) is 0. The maximum atomic E-state index is 6.10. The van der Waals surface area contributed by atoms with Crippen molar-refractivity contribution in [2.75, 3.05) is 6.61 Å². The zero-order valence-electron chi connectivity index (χ0n) is 14.9. The summed E-state index contributed by atoms with van der Waals surface area (Å²) < 4.78 is 6.10. The Hall–Kier alpha value is -0.0400. The Labute approximate surface area is 134 Å². The van der Waals surface area contributed by atoms with Crippen molar-refractivity contribution in [1.82, 2.24) is 0 Å². The molecule has 0 aromatic carbocycles. The zero-order chi connectivity index (χ0) is 15.2. The standard InChI is InChI=1S/C20H40O/c1-3-5-7-9-11-13-17-20-19(16-14-18-21-20)15-12-10-8-6-4-2/h19-20H,3-18H2,1-2H3/t19-,20-/m0/s1. The van der Waals surface area contributed by atoms with E-state index in [-0.39, 0.29) is 0 Å². The lowest BCUT2D eigenvalue weighted by atomic mass is 9.86. The maximum Gasteiger partial charge on any atom is 0.0603 e. The molecule has 2 atom stereocenters. The van der Waals surface area contributed by atoms with Crippen molar-refractivity contribution in [2.24, 2.45) is 5.92 Å². The smallest absolute Gasteiger partial charge is 0.0603 e. The van der Waals surface area contributed by atoms with Crippen LogP contribution < -0.4 is 0 Å². The van der Waals surface area contributed by atoms with Crippen LogP contribution in [-0.4, -0.2) is 12.7 Å². The van der Waals surface area contributed by atoms with Crippen molar-refractivity contribution in [3.05, 3.63) is 0 Å². The van der Waals surface area contributed by atoms with Crippen LogP contribution in [0.15, 0.2) is 0 Å². The topological polar surface area (TPSA) is 9.23 Å². The lowest BCUT2D eigenvalue weighted by molar-refractivity contribution is -0.0352. The van der Waals surface area contributed by atoms with E-state index in [0.29, 0.717) is 6.10 Å². The third-order valence-electron chi connectivity index (χ3n) is 5.10. The van der Waals surface area contributed by atoms with Crippen molar-refractivity contribution >= 4 is 0 Å². The first-order valence-corrected chi connectivity index (χ1v) is 10.00. The van der Waals surface area contributed by atoms with Gasteiger partial charge in [0, 0.05) is 6.61 Å². The van der Waals surface area contributed by atoms with Gasteiger partial charge in [-0.05, 0) is 31.6 Å². The van der Waals surface area contributed by atoms with Crippen LogP contribution in [0.5, 0.6) is 0 Å². The minimum absolute atomic E-state index is 0.594. The molecule has 21 heavy (non-hydrogen) atoms. The molecule has 0 radical (unpaired) electrons. The molecule has 1 heterocycles. The first-order chi connectivity index (χ1) is 10.4. The number of hydrogen-bond acceptors (Lipinski definition) is 1. The van der Waals surface area contributed by atoms with E-state index in [2.05, 4.69) is 13.8 Å². The van der Waals surface area contributed by atoms with Crippen LogP contribution in [0.1, 0.15) is 110 Å². The lowest BCUT2D eigenvalue weighted by Crippen LogP contribution is -2.29. The van der Waals surface area contributed by atoms with Crippen molar-refractivity contribution in [2.45, 2.75) is 116 Å². The predicted molar refractivity (Wildman–Crippen MR) is 93.8 cm³/mol. The highest BCUT2D eigenvalue weighted by Gasteiger charge is 2.24. The Morgan fingerprint density at radius 3 is 1.95 bits per heavy atom. The van der Waals surface area contributed by atoms with Crippen molar-refractivity contribution in [1.29, 1.82) is 0 Å². The van der Waals surface area contributed by atoms with Crippen molar-refractivity contribution < 1.29 is 4.74 Å². The van der Waals surface area contributed by atoms with Gasteiger partial charge in [-0.25, -0.2) is 0 Å². The monoisotopic (exact) mass is 296 g/mol. The lowest BCUT2D eigenvalue weighted by Gasteiger charge is -2.32. The summed E-state index contributed by atoms with van der Waals surface area (Å²) in [6.45, 7) is 5.61. The summed E-state index contributed by atoms with van der Waals surface area (Å²) in [7, 11) is 0. The van der Waals surface area contributed by atoms with Gasteiger partial charge in [0.2, 0.25) is 0 Å². The molecule has 0 bridgehead atoms. The zero-order valence-corrected chi connectivity index (χ0v) is 14.9. The second-order valence-corrected chi connectivity index (χ2v) is 7.07. The van der Waals surface area contributed by atoms with E-state index in [4.69, 9.17) is 4.74 Å². The molecule has 0 unspecified atom stereocenters. The van der Waals surface area contributed by atoms with Gasteiger partial charge in [-0.15, -0.1) is 0 Å². The summed E-state index contributed by atoms with van der Waals surface area (Å²) >= 11 is 0. The SMILES string of the molecule is CCCCCCCC[C@@H]1OCCC[C@@H]1CCCCCCC. The van der Waals surface area contributed by atoms with Gasteiger partial charge >= 0.3 is 0 Å². The first kappa shape index (κ1) is 19.0. The fourth-order valence-corrected chi connectivity index (χ4v) is 3.69. The third kappa shape index (κ3) is 9.55. The molecule has 0 amide bonds. The minimum Gasteiger partial charge on any atom is -0.378 e. The maximum absolute atomic E-state index is 6.10. The largest absolute Gasteiger partial charge is 0.378 e. The van der Waals surface area contributed by atoms with Crippen molar-refractivity contribution in [3.63, 3.8) is 0 Å². The van der Waals surface area contributed by atoms with E-state index in [0.717, 1.165) is 12.5 Å². The molecule has 126 valence electrons. The van der Waals surface area contributed by atoms with Gasteiger partial charge < -0.3 is 4.74 Å². The minimum atomic E-state index is 0.594. The van der Waals surface area contributed by atoms with E-state index in [1.54, 1.807) is 0 Å². The molecule has 0 spiro atoms. The molecular weight excluding hydrogens is 256 g/mol. The second kappa shape index (κ2) is 13.6. The number of hydrogen-bond donors (Lipinski definition) is 0. The summed E-state index contributed by atoms with van der Waals surface area (Å²) in [4.78, 5) is 0. The molecule has 0 aliphatic carbocycles. The van der Waals surface area contributed by atoms with Crippen LogP contribution in [0, 0.1) is 5.92 Å². The van der Waals surface area contributed by atoms with E-state index in [9.17, 15) is 0 Å². The third-order valence-corrected chi connectivity index (χ3v) is 5.10. The van der Waals surface area contributed by atoms with Gasteiger partial charge in [0.25, 0.3) is 0 Å². The van der Waals surface area contributed by atoms with Crippen LogP contribution >= 0.6 is 0 Å². The van der Waals surface area contributed by atoms with Gasteiger partial charge in [0.15, 0.2) is 0 Å². The highest BCUT2D eigenvalue weighted by molar-refractivity contribution is 4.75. The molecule has 0 aromatic rings. The van der Waals surface area contributed by atoms with Crippen LogP contribution in [0.3, 0.4) is 0 Å². The molecular formula is C20H40O. The van der Waals surface area contributed by atoms with Crippen LogP contribution in [0.2, 0.25) is 0 Å². The Morgan fingerprint density at radius 2 is 1.29 bits per heavy atom. The molecule has 1 fully saturated rings. The van der Waals surface area contributed by atoms with E-state index < -0.39 is 0 Å². The highest BCUT2D eigenvalue weighted by Crippen LogP contribution is 2.29. The highest BCUT2D eigenvalue weighted by atomic mass is 16.5. The average molecular weight is 297 g/mol. The fourth-order valence-electron chi connectivity index (χ4n) is 3.69. The normalized spacial score (nSPS) is 22.6. The molecule has 1 saturated heterocycles. The summed E-state index contributed by atoms with van der Waals surface area (Å²) in [5.41, 5.74) is 0. The second-order valence-electron chi connectivity index (χ2n) is 7.07. The molecule has 0 saturated carbocycles. The number of unbranched alkanes of at least 4 members (excludes halogenated alkanes) is 9.